The van der Waals surface area contributed by atoms with Gasteiger partial charge in [-0.25, -0.2) is 4.98 Å². The van der Waals surface area contributed by atoms with Gasteiger partial charge in [0.25, 0.3) is 23.4 Å². The van der Waals surface area contributed by atoms with Gasteiger partial charge in [-0.3, -0.25) is 35.3 Å². The number of nitro benzene ring substituents is 1. The molecule has 3 N–H and O–H groups in total. The van der Waals surface area contributed by atoms with Crippen LogP contribution in [0, 0.1) is 10.1 Å². The van der Waals surface area contributed by atoms with Crippen molar-refractivity contribution in [1.82, 2.24) is 21.2 Å². The Morgan fingerprint density at radius 1 is 1.03 bits per heavy atom. The van der Waals surface area contributed by atoms with Crippen LogP contribution < -0.4 is 16.2 Å². The zero-order valence-electron chi connectivity index (χ0n) is 17.6. The van der Waals surface area contributed by atoms with E-state index < -0.39 is 28.7 Å². The Labute approximate surface area is 193 Å². The SMILES string of the molecule is CSCC[C@H](NC(=O)c1ccc2ccccc2n1)C(=O)NNC(=O)c1cccc([N+](=O)[O-])c1. The molecule has 0 radical (unpaired) electrons. The Bertz CT molecular complexity index is 1200. The second-order valence-corrected chi connectivity index (χ2v) is 7.93. The van der Waals surface area contributed by atoms with Crippen LogP contribution in [0.15, 0.2) is 60.7 Å². The first kappa shape index (κ1) is 23.7. The highest BCUT2D eigenvalue weighted by Crippen LogP contribution is 2.13. The molecule has 0 fully saturated rings. The van der Waals surface area contributed by atoms with Crippen LogP contribution in [0.1, 0.15) is 27.3 Å². The molecule has 0 aliphatic carbocycles. The van der Waals surface area contributed by atoms with Gasteiger partial charge in [0.1, 0.15) is 11.7 Å². The van der Waals surface area contributed by atoms with E-state index in [0.717, 1.165) is 11.5 Å². The lowest BCUT2D eigenvalue weighted by Crippen LogP contribution is -2.52. The number of amides is 3. The van der Waals surface area contributed by atoms with Crippen LogP contribution in [-0.2, 0) is 4.79 Å². The minimum absolute atomic E-state index is 0.00885. The van der Waals surface area contributed by atoms with E-state index in [-0.39, 0.29) is 16.9 Å². The number of non-ortho nitro benzene ring substituents is 1. The van der Waals surface area contributed by atoms with Crippen LogP contribution in [0.25, 0.3) is 10.9 Å². The van der Waals surface area contributed by atoms with Crippen LogP contribution in [0.2, 0.25) is 0 Å². The van der Waals surface area contributed by atoms with Crippen LogP contribution in [0.3, 0.4) is 0 Å². The maximum Gasteiger partial charge on any atom is 0.270 e. The van der Waals surface area contributed by atoms with Crippen molar-refractivity contribution in [2.24, 2.45) is 0 Å². The third kappa shape index (κ3) is 6.26. The Kier molecular flexibility index (Phi) is 7.92. The van der Waals surface area contributed by atoms with Gasteiger partial charge in [0, 0.05) is 23.1 Å². The highest BCUT2D eigenvalue weighted by Gasteiger charge is 2.23. The molecule has 0 saturated carbocycles. The standard InChI is InChI=1S/C22H21N5O5S/c1-33-12-11-19(24-21(29)18-10-9-14-5-2-3-8-17(14)23-18)22(30)26-25-20(28)15-6-4-7-16(13-15)27(31)32/h2-10,13,19H,11-12H2,1H3,(H,24,29)(H,25,28)(H,26,30)/t19-/m0/s1. The van der Waals surface area contributed by atoms with E-state index in [2.05, 4.69) is 21.2 Å². The van der Waals surface area contributed by atoms with Crippen molar-refractivity contribution < 1.29 is 19.3 Å². The molecule has 1 heterocycles. The fourth-order valence-corrected chi connectivity index (χ4v) is 3.44. The molecule has 10 nitrogen and oxygen atoms in total. The number of rotatable bonds is 8. The molecule has 11 heteroatoms. The second kappa shape index (κ2) is 11.0. The number of hydrazine groups is 1. The topological polar surface area (TPSA) is 143 Å². The highest BCUT2D eigenvalue weighted by molar-refractivity contribution is 7.98. The number of nitro groups is 1. The van der Waals surface area contributed by atoms with E-state index in [9.17, 15) is 24.5 Å². The number of hydrogen-bond donors (Lipinski definition) is 3. The number of aromatic nitrogens is 1. The minimum atomic E-state index is -0.927. The van der Waals surface area contributed by atoms with E-state index in [1.807, 2.05) is 24.5 Å². The summed E-state index contributed by atoms with van der Waals surface area (Å²) in [4.78, 5) is 52.2. The number of carbonyl (C=O) groups is 3. The van der Waals surface area contributed by atoms with Crippen molar-refractivity contribution in [3.63, 3.8) is 0 Å². The summed E-state index contributed by atoms with van der Waals surface area (Å²) < 4.78 is 0. The van der Waals surface area contributed by atoms with Crippen molar-refractivity contribution in [3.05, 3.63) is 82.0 Å². The van der Waals surface area contributed by atoms with Gasteiger partial charge >= 0.3 is 0 Å². The van der Waals surface area contributed by atoms with Gasteiger partial charge in [-0.1, -0.05) is 30.3 Å². The molecular weight excluding hydrogens is 446 g/mol. The van der Waals surface area contributed by atoms with Crippen molar-refractivity contribution in [2.45, 2.75) is 12.5 Å². The molecule has 0 bridgehead atoms. The van der Waals surface area contributed by atoms with Gasteiger partial charge in [0.05, 0.1) is 10.4 Å². The predicted octanol–water partition coefficient (Wildman–Crippen LogP) is 2.46. The number of carbonyl (C=O) groups excluding carboxylic acids is 3. The van der Waals surface area contributed by atoms with Crippen LogP contribution >= 0.6 is 11.8 Å². The molecule has 33 heavy (non-hydrogen) atoms. The summed E-state index contributed by atoms with van der Waals surface area (Å²) >= 11 is 1.50. The number of hydrogen-bond acceptors (Lipinski definition) is 7. The Balaban J connectivity index is 1.66. The molecule has 0 spiro atoms. The van der Waals surface area contributed by atoms with E-state index in [0.29, 0.717) is 17.7 Å². The first-order chi connectivity index (χ1) is 15.9. The molecular formula is C22H21N5O5S. The molecule has 0 aliphatic rings. The number of thioether (sulfide) groups is 1. The van der Waals surface area contributed by atoms with Crippen LogP contribution in [0.5, 0.6) is 0 Å². The number of benzene rings is 2. The lowest BCUT2D eigenvalue weighted by molar-refractivity contribution is -0.384. The lowest BCUT2D eigenvalue weighted by Gasteiger charge is -2.18. The Morgan fingerprint density at radius 2 is 1.82 bits per heavy atom. The average molecular weight is 468 g/mol. The minimum Gasteiger partial charge on any atom is -0.339 e. The molecule has 0 unspecified atom stereocenters. The number of pyridine rings is 1. The summed E-state index contributed by atoms with van der Waals surface area (Å²) in [6, 6.07) is 14.9. The monoisotopic (exact) mass is 467 g/mol. The molecule has 3 rings (SSSR count). The molecule has 0 saturated heterocycles. The summed E-state index contributed by atoms with van der Waals surface area (Å²) in [6.45, 7) is 0. The van der Waals surface area contributed by atoms with E-state index >= 15 is 0 Å². The van der Waals surface area contributed by atoms with Crippen molar-refractivity contribution in [2.75, 3.05) is 12.0 Å². The van der Waals surface area contributed by atoms with Gasteiger partial charge in [-0.15, -0.1) is 0 Å². The van der Waals surface area contributed by atoms with Crippen molar-refractivity contribution in [1.29, 1.82) is 0 Å². The number of fused-ring (bicyclic) bond motifs is 1. The predicted molar refractivity (Wildman–Crippen MR) is 125 cm³/mol. The van der Waals surface area contributed by atoms with Gasteiger partial charge in [-0.2, -0.15) is 11.8 Å². The summed E-state index contributed by atoms with van der Waals surface area (Å²) in [6.07, 6.45) is 2.19. The van der Waals surface area contributed by atoms with E-state index in [4.69, 9.17) is 0 Å². The molecule has 3 amide bonds. The molecule has 1 aromatic heterocycles. The molecule has 3 aromatic rings. The smallest absolute Gasteiger partial charge is 0.270 e. The molecule has 1 atom stereocenters. The van der Waals surface area contributed by atoms with Crippen LogP contribution in [-0.4, -0.2) is 45.7 Å². The van der Waals surface area contributed by atoms with E-state index in [1.54, 1.807) is 18.2 Å². The van der Waals surface area contributed by atoms with Gasteiger partial charge < -0.3 is 5.32 Å². The van der Waals surface area contributed by atoms with Crippen molar-refractivity contribution in [3.8, 4) is 0 Å². The zero-order valence-corrected chi connectivity index (χ0v) is 18.4. The Morgan fingerprint density at radius 3 is 2.58 bits per heavy atom. The first-order valence-electron chi connectivity index (χ1n) is 9.89. The van der Waals surface area contributed by atoms with Gasteiger partial charge in [0.15, 0.2) is 0 Å². The average Bonchev–Trinajstić information content (AvgIpc) is 2.84. The summed E-state index contributed by atoms with van der Waals surface area (Å²) in [5.41, 5.74) is 5.07. The Hall–Kier alpha value is -3.99. The summed E-state index contributed by atoms with van der Waals surface area (Å²) in [5.74, 6) is -1.29. The highest BCUT2D eigenvalue weighted by atomic mass is 32.2. The maximum absolute atomic E-state index is 12.7. The van der Waals surface area contributed by atoms with Gasteiger partial charge in [-0.05, 0) is 36.6 Å². The molecule has 0 aliphatic heterocycles. The molecule has 170 valence electrons. The molecule has 2 aromatic carbocycles. The fraction of sp³-hybridized carbons (Fsp3) is 0.182. The largest absolute Gasteiger partial charge is 0.339 e. The van der Waals surface area contributed by atoms with E-state index in [1.165, 1.54) is 30.0 Å². The number of nitrogens with zero attached hydrogens (tertiary/aromatic N) is 2. The lowest BCUT2D eigenvalue weighted by atomic mass is 10.1. The second-order valence-electron chi connectivity index (χ2n) is 6.95. The normalized spacial score (nSPS) is 11.4. The number of para-hydroxylation sites is 1. The first-order valence-corrected chi connectivity index (χ1v) is 11.3. The third-order valence-electron chi connectivity index (χ3n) is 4.68. The van der Waals surface area contributed by atoms with Crippen LogP contribution in [0.4, 0.5) is 5.69 Å². The maximum atomic E-state index is 12.7. The summed E-state index contributed by atoms with van der Waals surface area (Å²) in [7, 11) is 0. The third-order valence-corrected chi connectivity index (χ3v) is 5.33. The number of nitrogens with one attached hydrogen (secondary N) is 3. The van der Waals surface area contributed by atoms with Crippen molar-refractivity contribution >= 4 is 46.1 Å². The van der Waals surface area contributed by atoms with Gasteiger partial charge in [0.2, 0.25) is 0 Å². The fourth-order valence-electron chi connectivity index (χ4n) is 2.97. The zero-order chi connectivity index (χ0) is 23.8. The quantitative estimate of drug-likeness (QED) is 0.341. The summed E-state index contributed by atoms with van der Waals surface area (Å²) in [5, 5.41) is 14.4.